The van der Waals surface area contributed by atoms with Gasteiger partial charge in [-0.05, 0) is 30.7 Å². The molecule has 0 bridgehead atoms. The van der Waals surface area contributed by atoms with Gasteiger partial charge >= 0.3 is 0 Å². The van der Waals surface area contributed by atoms with Gasteiger partial charge in [0.15, 0.2) is 6.61 Å². The highest BCUT2D eigenvalue weighted by Crippen LogP contribution is 2.13. The van der Waals surface area contributed by atoms with Crippen LogP contribution in [0.4, 0.5) is 0 Å². The van der Waals surface area contributed by atoms with Crippen LogP contribution in [0.25, 0.3) is 0 Å². The molecule has 1 aromatic rings. The lowest BCUT2D eigenvalue weighted by Crippen LogP contribution is -2.20. The Balaban J connectivity index is 2.58. The van der Waals surface area contributed by atoms with Crippen LogP contribution in [-0.2, 0) is 11.2 Å². The van der Waals surface area contributed by atoms with E-state index in [0.29, 0.717) is 12.3 Å². The number of amides is 1. The lowest BCUT2D eigenvalue weighted by Gasteiger charge is -2.05. The van der Waals surface area contributed by atoms with Crippen LogP contribution in [0.3, 0.4) is 0 Å². The molecule has 0 aliphatic carbocycles. The molecule has 14 heavy (non-hydrogen) atoms. The van der Waals surface area contributed by atoms with Gasteiger partial charge in [0.2, 0.25) is 0 Å². The van der Waals surface area contributed by atoms with Crippen LogP contribution in [0, 0.1) is 0 Å². The highest BCUT2D eigenvalue weighted by molar-refractivity contribution is 5.75. The molecule has 0 fully saturated rings. The molecule has 1 aromatic carbocycles. The van der Waals surface area contributed by atoms with Crippen molar-refractivity contribution in [1.29, 1.82) is 0 Å². The molecule has 0 atom stereocenters. The summed E-state index contributed by atoms with van der Waals surface area (Å²) in [4.78, 5) is 10.5. The SMILES string of the molecule is NCCc1cccc(OCC(N)=O)c1. The number of carbonyl (C=O) groups is 1. The van der Waals surface area contributed by atoms with E-state index in [9.17, 15) is 4.79 Å². The van der Waals surface area contributed by atoms with E-state index < -0.39 is 5.91 Å². The maximum atomic E-state index is 10.5. The maximum Gasteiger partial charge on any atom is 0.255 e. The number of primary amides is 1. The molecule has 1 rings (SSSR count). The van der Waals surface area contributed by atoms with Gasteiger partial charge in [-0.2, -0.15) is 0 Å². The summed E-state index contributed by atoms with van der Waals surface area (Å²) in [6, 6.07) is 7.46. The second-order valence-electron chi connectivity index (χ2n) is 2.94. The summed E-state index contributed by atoms with van der Waals surface area (Å²) >= 11 is 0. The van der Waals surface area contributed by atoms with E-state index in [-0.39, 0.29) is 6.61 Å². The summed E-state index contributed by atoms with van der Waals surface area (Å²) in [5.74, 6) is 0.170. The fourth-order valence-electron chi connectivity index (χ4n) is 1.11. The largest absolute Gasteiger partial charge is 0.484 e. The van der Waals surface area contributed by atoms with E-state index in [2.05, 4.69) is 0 Å². The van der Waals surface area contributed by atoms with E-state index in [1.165, 1.54) is 0 Å². The second-order valence-corrected chi connectivity index (χ2v) is 2.94. The molecule has 1 amide bonds. The summed E-state index contributed by atoms with van der Waals surface area (Å²) < 4.78 is 5.14. The normalized spacial score (nSPS) is 9.79. The lowest BCUT2D eigenvalue weighted by molar-refractivity contribution is -0.119. The number of rotatable bonds is 5. The molecule has 76 valence electrons. The van der Waals surface area contributed by atoms with Crippen LogP contribution in [0.1, 0.15) is 5.56 Å². The van der Waals surface area contributed by atoms with Crippen LogP contribution in [0.5, 0.6) is 5.75 Å². The first-order valence-electron chi connectivity index (χ1n) is 4.42. The Morgan fingerprint density at radius 1 is 1.43 bits per heavy atom. The minimum absolute atomic E-state index is 0.0912. The Kier molecular flexibility index (Phi) is 3.94. The number of ether oxygens (including phenoxy) is 1. The summed E-state index contributed by atoms with van der Waals surface area (Å²) in [6.45, 7) is 0.505. The lowest BCUT2D eigenvalue weighted by atomic mass is 10.1. The van der Waals surface area contributed by atoms with Crippen molar-refractivity contribution in [1.82, 2.24) is 0 Å². The number of nitrogens with two attached hydrogens (primary N) is 2. The second kappa shape index (κ2) is 5.24. The van der Waals surface area contributed by atoms with Crippen molar-refractivity contribution < 1.29 is 9.53 Å². The van der Waals surface area contributed by atoms with Gasteiger partial charge in [0.05, 0.1) is 0 Å². The standard InChI is InChI=1S/C10H14N2O2/c11-5-4-8-2-1-3-9(6-8)14-7-10(12)13/h1-3,6H,4-5,7,11H2,(H2,12,13). The van der Waals surface area contributed by atoms with E-state index in [1.807, 2.05) is 18.2 Å². The summed E-state index contributed by atoms with van der Waals surface area (Å²) in [5, 5.41) is 0. The zero-order valence-corrected chi connectivity index (χ0v) is 7.90. The van der Waals surface area contributed by atoms with E-state index in [4.69, 9.17) is 16.2 Å². The van der Waals surface area contributed by atoms with Crippen molar-refractivity contribution in [2.24, 2.45) is 11.5 Å². The van der Waals surface area contributed by atoms with E-state index >= 15 is 0 Å². The zero-order valence-electron chi connectivity index (χ0n) is 7.90. The van der Waals surface area contributed by atoms with Crippen molar-refractivity contribution >= 4 is 5.91 Å². The molecule has 0 spiro atoms. The molecular weight excluding hydrogens is 180 g/mol. The van der Waals surface area contributed by atoms with Crippen molar-refractivity contribution in [3.63, 3.8) is 0 Å². The Bertz CT molecular complexity index is 313. The predicted molar refractivity (Wildman–Crippen MR) is 53.9 cm³/mol. The van der Waals surface area contributed by atoms with Gasteiger partial charge in [0, 0.05) is 0 Å². The molecule has 0 radical (unpaired) electrons. The Morgan fingerprint density at radius 3 is 2.86 bits per heavy atom. The van der Waals surface area contributed by atoms with Crippen LogP contribution < -0.4 is 16.2 Å². The van der Waals surface area contributed by atoms with Crippen LogP contribution in [0.15, 0.2) is 24.3 Å². The molecule has 4 nitrogen and oxygen atoms in total. The first-order valence-corrected chi connectivity index (χ1v) is 4.42. The molecule has 0 unspecified atom stereocenters. The number of hydrogen-bond donors (Lipinski definition) is 2. The molecular formula is C10H14N2O2. The van der Waals surface area contributed by atoms with Crippen molar-refractivity contribution in [3.05, 3.63) is 29.8 Å². The van der Waals surface area contributed by atoms with Crippen LogP contribution >= 0.6 is 0 Å². The van der Waals surface area contributed by atoms with Crippen LogP contribution in [0.2, 0.25) is 0 Å². The highest BCUT2D eigenvalue weighted by atomic mass is 16.5. The minimum atomic E-state index is -0.478. The predicted octanol–water partition coefficient (Wildman–Crippen LogP) is 0.0519. The Hall–Kier alpha value is -1.55. The van der Waals surface area contributed by atoms with Gasteiger partial charge in [-0.1, -0.05) is 12.1 Å². The van der Waals surface area contributed by atoms with Gasteiger partial charge in [-0.25, -0.2) is 0 Å². The zero-order chi connectivity index (χ0) is 10.4. The van der Waals surface area contributed by atoms with Crippen LogP contribution in [-0.4, -0.2) is 19.1 Å². The van der Waals surface area contributed by atoms with Crippen molar-refractivity contribution in [2.75, 3.05) is 13.2 Å². The smallest absolute Gasteiger partial charge is 0.255 e. The fourth-order valence-corrected chi connectivity index (χ4v) is 1.11. The summed E-state index contributed by atoms with van der Waals surface area (Å²) in [5.41, 5.74) is 11.5. The third-order valence-electron chi connectivity index (χ3n) is 1.71. The fraction of sp³-hybridized carbons (Fsp3) is 0.300. The van der Waals surface area contributed by atoms with Gasteiger partial charge < -0.3 is 16.2 Å². The summed E-state index contributed by atoms with van der Waals surface area (Å²) in [7, 11) is 0. The number of hydrogen-bond acceptors (Lipinski definition) is 3. The molecule has 0 aromatic heterocycles. The average molecular weight is 194 g/mol. The molecule has 0 saturated carbocycles. The maximum absolute atomic E-state index is 10.5. The van der Waals surface area contributed by atoms with Gasteiger partial charge in [0.25, 0.3) is 5.91 Å². The monoisotopic (exact) mass is 194 g/mol. The quantitative estimate of drug-likeness (QED) is 0.695. The minimum Gasteiger partial charge on any atom is -0.484 e. The number of benzene rings is 1. The first kappa shape index (κ1) is 10.5. The van der Waals surface area contributed by atoms with Gasteiger partial charge in [-0.15, -0.1) is 0 Å². The average Bonchev–Trinajstić information content (AvgIpc) is 2.16. The first-order chi connectivity index (χ1) is 6.72. The Morgan fingerprint density at radius 2 is 2.21 bits per heavy atom. The van der Waals surface area contributed by atoms with Gasteiger partial charge in [0.1, 0.15) is 5.75 Å². The third kappa shape index (κ3) is 3.45. The van der Waals surface area contributed by atoms with E-state index in [1.54, 1.807) is 6.07 Å². The molecule has 0 aliphatic rings. The number of carbonyl (C=O) groups excluding carboxylic acids is 1. The highest BCUT2D eigenvalue weighted by Gasteiger charge is 1.98. The molecule has 0 saturated heterocycles. The molecule has 4 heteroatoms. The molecule has 0 aliphatic heterocycles. The van der Waals surface area contributed by atoms with Gasteiger partial charge in [-0.3, -0.25) is 4.79 Å². The van der Waals surface area contributed by atoms with Crippen molar-refractivity contribution in [3.8, 4) is 5.75 Å². The molecule has 0 heterocycles. The van der Waals surface area contributed by atoms with E-state index in [0.717, 1.165) is 12.0 Å². The molecule has 4 N–H and O–H groups in total. The topological polar surface area (TPSA) is 78.3 Å². The third-order valence-corrected chi connectivity index (χ3v) is 1.71. The summed E-state index contributed by atoms with van der Waals surface area (Å²) in [6.07, 6.45) is 0.799. The van der Waals surface area contributed by atoms with Crippen molar-refractivity contribution in [2.45, 2.75) is 6.42 Å². The Labute approximate surface area is 82.8 Å².